The fraction of sp³-hybridized carbons (Fsp3) is 0.154. The van der Waals surface area contributed by atoms with Gasteiger partial charge in [-0.25, -0.2) is 4.79 Å². The van der Waals surface area contributed by atoms with Crippen LogP contribution in [0.3, 0.4) is 0 Å². The second kappa shape index (κ2) is 8.16. The highest BCUT2D eigenvalue weighted by Gasteiger charge is 2.13. The van der Waals surface area contributed by atoms with Gasteiger partial charge in [0.25, 0.3) is 5.91 Å². The summed E-state index contributed by atoms with van der Waals surface area (Å²) in [7, 11) is 0. The number of carbonyl (C=O) groups excluding carboxylic acids is 2. The molecule has 0 aliphatic rings. The number of rotatable bonds is 5. The molecule has 7 nitrogen and oxygen atoms in total. The van der Waals surface area contributed by atoms with Gasteiger partial charge in [0.15, 0.2) is 0 Å². The van der Waals surface area contributed by atoms with E-state index in [4.69, 9.17) is 5.26 Å². The van der Waals surface area contributed by atoms with Crippen molar-refractivity contribution in [3.8, 4) is 6.07 Å². The van der Waals surface area contributed by atoms with E-state index in [-0.39, 0.29) is 12.2 Å². The molecule has 0 aliphatic heterocycles. The first-order chi connectivity index (χ1) is 9.67. The molecule has 7 heteroatoms. The number of alkyl carbamates (subject to hydrolysis) is 1. The van der Waals surface area contributed by atoms with E-state index in [0.29, 0.717) is 0 Å². The Morgan fingerprint density at radius 1 is 1.35 bits per heavy atom. The van der Waals surface area contributed by atoms with Crippen LogP contribution in [0.15, 0.2) is 42.1 Å². The van der Waals surface area contributed by atoms with E-state index in [9.17, 15) is 9.59 Å². The molecule has 3 N–H and O–H groups in total. The number of nitrogens with one attached hydrogen (secondary N) is 3. The van der Waals surface area contributed by atoms with Gasteiger partial charge in [0.05, 0.1) is 12.3 Å². The van der Waals surface area contributed by atoms with Crippen molar-refractivity contribution >= 4 is 17.7 Å². The normalized spacial score (nSPS) is 10.1. The third-order valence-corrected chi connectivity index (χ3v) is 2.06. The Kier molecular flexibility index (Phi) is 6.14. The van der Waals surface area contributed by atoms with Gasteiger partial charge in [0.1, 0.15) is 11.6 Å². The molecule has 0 bridgehead atoms. The highest BCUT2D eigenvalue weighted by molar-refractivity contribution is 6.04. The van der Waals surface area contributed by atoms with Crippen molar-refractivity contribution < 1.29 is 14.3 Å². The van der Waals surface area contributed by atoms with Gasteiger partial charge in [0, 0.05) is 6.20 Å². The lowest BCUT2D eigenvalue weighted by molar-refractivity contribution is -0.116. The Morgan fingerprint density at radius 3 is 2.65 bits per heavy atom. The second-order valence-electron chi connectivity index (χ2n) is 3.48. The molecule has 0 aromatic heterocycles. The van der Waals surface area contributed by atoms with Crippen molar-refractivity contribution in [2.75, 3.05) is 12.0 Å². The van der Waals surface area contributed by atoms with Crippen LogP contribution < -0.4 is 16.2 Å². The summed E-state index contributed by atoms with van der Waals surface area (Å²) in [6.45, 7) is 1.75. The summed E-state index contributed by atoms with van der Waals surface area (Å²) < 4.78 is 4.54. The average Bonchev–Trinajstić information content (AvgIpc) is 2.44. The van der Waals surface area contributed by atoms with E-state index in [1.54, 1.807) is 25.1 Å². The summed E-state index contributed by atoms with van der Waals surface area (Å²) in [5, 5.41) is 10.8. The maximum Gasteiger partial charge on any atom is 0.414 e. The van der Waals surface area contributed by atoms with Crippen LogP contribution in [-0.4, -0.2) is 18.6 Å². The molecule has 0 heterocycles. The van der Waals surface area contributed by atoms with Crippen LogP contribution in [-0.2, 0) is 9.53 Å². The predicted molar refractivity (Wildman–Crippen MR) is 72.1 cm³/mol. The predicted octanol–water partition coefficient (Wildman–Crippen LogP) is 1.28. The lowest BCUT2D eigenvalue weighted by atomic mass is 10.3. The molecule has 0 radical (unpaired) electrons. The number of benzene rings is 1. The minimum atomic E-state index is -0.894. The van der Waals surface area contributed by atoms with Crippen molar-refractivity contribution in [1.82, 2.24) is 10.7 Å². The van der Waals surface area contributed by atoms with Gasteiger partial charge in [-0.05, 0) is 19.1 Å². The number of anilines is 1. The third-order valence-electron chi connectivity index (χ3n) is 2.06. The molecular weight excluding hydrogens is 260 g/mol. The molecule has 2 amide bonds. The number of hydrazine groups is 1. The van der Waals surface area contributed by atoms with Gasteiger partial charge < -0.3 is 15.6 Å². The Bertz CT molecular complexity index is 534. The van der Waals surface area contributed by atoms with E-state index in [0.717, 1.165) is 11.9 Å². The van der Waals surface area contributed by atoms with E-state index in [1.807, 2.05) is 23.5 Å². The number of nitrogens with zero attached hydrogens (tertiary/aromatic N) is 1. The molecule has 1 aromatic carbocycles. The zero-order valence-corrected chi connectivity index (χ0v) is 10.8. The van der Waals surface area contributed by atoms with Crippen molar-refractivity contribution in [2.45, 2.75) is 6.92 Å². The Morgan fingerprint density at radius 2 is 2.05 bits per heavy atom. The topological polar surface area (TPSA) is 103 Å². The minimum Gasteiger partial charge on any atom is -0.450 e. The molecule has 0 fully saturated rings. The SMILES string of the molecule is CCOC(=O)NC(=O)C(C#N)=CNNc1ccccc1. The minimum absolute atomic E-state index is 0.137. The van der Waals surface area contributed by atoms with Gasteiger partial charge >= 0.3 is 6.09 Å². The monoisotopic (exact) mass is 274 g/mol. The van der Waals surface area contributed by atoms with Crippen LogP contribution in [0.5, 0.6) is 0 Å². The lowest BCUT2D eigenvalue weighted by Crippen LogP contribution is -2.32. The fourth-order valence-corrected chi connectivity index (χ4v) is 1.19. The molecule has 1 aromatic rings. The number of carbonyl (C=O) groups is 2. The standard InChI is InChI=1S/C13H14N4O3/c1-2-20-13(19)16-12(18)10(8-14)9-15-17-11-6-4-3-5-7-11/h3-7,9,15,17H,2H2,1H3,(H,16,18,19). The molecule has 0 saturated heterocycles. The number of imide groups is 1. The lowest BCUT2D eigenvalue weighted by Gasteiger charge is -2.06. The third kappa shape index (κ3) is 5.10. The Hall–Kier alpha value is -3.01. The number of hydrogen-bond donors (Lipinski definition) is 3. The molecule has 20 heavy (non-hydrogen) atoms. The summed E-state index contributed by atoms with van der Waals surface area (Å²) in [5.41, 5.74) is 5.85. The van der Waals surface area contributed by atoms with E-state index in [2.05, 4.69) is 15.6 Å². The average molecular weight is 274 g/mol. The fourth-order valence-electron chi connectivity index (χ4n) is 1.19. The van der Waals surface area contributed by atoms with Gasteiger partial charge in [-0.15, -0.1) is 0 Å². The van der Waals surface area contributed by atoms with Gasteiger partial charge in [-0.3, -0.25) is 10.1 Å². The second-order valence-corrected chi connectivity index (χ2v) is 3.48. The van der Waals surface area contributed by atoms with Crippen LogP contribution in [0.1, 0.15) is 6.92 Å². The van der Waals surface area contributed by atoms with E-state index >= 15 is 0 Å². The molecule has 0 atom stereocenters. The van der Waals surface area contributed by atoms with E-state index < -0.39 is 12.0 Å². The first-order valence-electron chi connectivity index (χ1n) is 5.82. The van der Waals surface area contributed by atoms with Crippen molar-refractivity contribution in [1.29, 1.82) is 5.26 Å². The molecule has 0 spiro atoms. The van der Waals surface area contributed by atoms with Crippen LogP contribution in [0.2, 0.25) is 0 Å². The maximum atomic E-state index is 11.5. The highest BCUT2D eigenvalue weighted by atomic mass is 16.5. The molecule has 0 unspecified atom stereocenters. The number of amides is 2. The quantitative estimate of drug-likeness (QED) is 0.424. The summed E-state index contributed by atoms with van der Waals surface area (Å²) >= 11 is 0. The number of hydrogen-bond acceptors (Lipinski definition) is 6. The zero-order chi connectivity index (χ0) is 14.8. The molecular formula is C13H14N4O3. The summed E-state index contributed by atoms with van der Waals surface area (Å²) in [5.74, 6) is -0.840. The van der Waals surface area contributed by atoms with Crippen molar-refractivity contribution in [2.24, 2.45) is 0 Å². The molecule has 104 valence electrons. The van der Waals surface area contributed by atoms with Crippen LogP contribution in [0, 0.1) is 11.3 Å². The van der Waals surface area contributed by atoms with Crippen LogP contribution >= 0.6 is 0 Å². The summed E-state index contributed by atoms with van der Waals surface area (Å²) in [6.07, 6.45) is 0.260. The highest BCUT2D eigenvalue weighted by Crippen LogP contribution is 2.02. The van der Waals surface area contributed by atoms with Gasteiger partial charge in [-0.1, -0.05) is 18.2 Å². The van der Waals surface area contributed by atoms with Crippen molar-refractivity contribution in [3.63, 3.8) is 0 Å². The molecule has 1 rings (SSSR count). The Balaban J connectivity index is 2.53. The smallest absolute Gasteiger partial charge is 0.414 e. The molecule has 0 aliphatic carbocycles. The number of para-hydroxylation sites is 1. The largest absolute Gasteiger partial charge is 0.450 e. The van der Waals surface area contributed by atoms with Crippen LogP contribution in [0.4, 0.5) is 10.5 Å². The molecule has 0 saturated carbocycles. The van der Waals surface area contributed by atoms with Gasteiger partial charge in [0.2, 0.25) is 0 Å². The Labute approximate surface area is 116 Å². The van der Waals surface area contributed by atoms with E-state index in [1.165, 1.54) is 0 Å². The first kappa shape index (κ1) is 15.0. The summed E-state index contributed by atoms with van der Waals surface area (Å²) in [6, 6.07) is 10.8. The van der Waals surface area contributed by atoms with Crippen LogP contribution in [0.25, 0.3) is 0 Å². The number of nitriles is 1. The van der Waals surface area contributed by atoms with Gasteiger partial charge in [-0.2, -0.15) is 5.26 Å². The van der Waals surface area contributed by atoms with Crippen molar-refractivity contribution in [3.05, 3.63) is 42.1 Å². The maximum absolute atomic E-state index is 11.5. The summed E-state index contributed by atoms with van der Waals surface area (Å²) in [4.78, 5) is 22.6. The zero-order valence-electron chi connectivity index (χ0n) is 10.8. The first-order valence-corrected chi connectivity index (χ1v) is 5.82. The number of ether oxygens (including phenoxy) is 1.